The topological polar surface area (TPSA) is 9.72 Å². The van der Waals surface area contributed by atoms with E-state index in [2.05, 4.69) is 212 Å². The average molecular weight is 688 g/mol. The Balaban J connectivity index is 2.19. The van der Waals surface area contributed by atoms with E-state index in [1.807, 2.05) is 0 Å². The number of rotatable bonds is 6. The van der Waals surface area contributed by atoms with Crippen molar-refractivity contribution < 1.29 is 0 Å². The fourth-order valence-electron chi connectivity index (χ4n) is 8.04. The molecule has 0 N–H and O–H groups in total. The molecule has 0 atom stereocenters. The van der Waals surface area contributed by atoms with Crippen molar-refractivity contribution in [1.29, 1.82) is 0 Å². The van der Waals surface area contributed by atoms with Crippen molar-refractivity contribution in [3.05, 3.63) is 72.8 Å². The molecule has 254 valence electrons. The van der Waals surface area contributed by atoms with Gasteiger partial charge in [0.05, 0.1) is 0 Å². The standard InChI is InChI=1S/C42H66AsN3/c1-37(2,3)44(38(4,5)6)34-25-19-31(20-26-34)43(32-21-27-35(28-22-32)45(39(7,8)9)40(10,11)12)33-23-29-36(30-24-33)46(41(13,14)15)42(16,17)18/h19-30H,1-18H3. The molecular weight excluding hydrogens is 621 g/mol. The number of hydrogen-bond acceptors (Lipinski definition) is 3. The molecule has 0 saturated carbocycles. The second-order valence-electron chi connectivity index (χ2n) is 18.9. The zero-order valence-electron chi connectivity index (χ0n) is 32.7. The Morgan fingerprint density at radius 2 is 0.435 bits per heavy atom. The van der Waals surface area contributed by atoms with Gasteiger partial charge in [-0.1, -0.05) is 0 Å². The summed E-state index contributed by atoms with van der Waals surface area (Å²) in [6.07, 6.45) is 0. The SMILES string of the molecule is CC(C)(C)N(c1ccc([As](c2ccc(N(C(C)(C)C)C(C)(C)C)cc2)c2ccc(N(C(C)(C)C)C(C)(C)C)cc2)cc1)C(C)(C)C. The fourth-order valence-corrected chi connectivity index (χ4v) is 12.7. The van der Waals surface area contributed by atoms with E-state index in [0.717, 1.165) is 0 Å². The van der Waals surface area contributed by atoms with E-state index in [0.29, 0.717) is 0 Å². The van der Waals surface area contributed by atoms with E-state index in [4.69, 9.17) is 0 Å². The second kappa shape index (κ2) is 12.9. The molecule has 0 bridgehead atoms. The van der Waals surface area contributed by atoms with Crippen molar-refractivity contribution in [2.45, 2.75) is 158 Å². The van der Waals surface area contributed by atoms with E-state index in [9.17, 15) is 0 Å². The fraction of sp³-hybridized carbons (Fsp3) is 0.571. The summed E-state index contributed by atoms with van der Waals surface area (Å²) in [4.78, 5) is 7.64. The predicted octanol–water partition coefficient (Wildman–Crippen LogP) is 9.41. The van der Waals surface area contributed by atoms with Crippen LogP contribution in [0.5, 0.6) is 0 Å². The van der Waals surface area contributed by atoms with Crippen LogP contribution >= 0.6 is 0 Å². The molecule has 46 heavy (non-hydrogen) atoms. The van der Waals surface area contributed by atoms with Crippen molar-refractivity contribution in [2.24, 2.45) is 0 Å². The molecule has 0 amide bonds. The summed E-state index contributed by atoms with van der Waals surface area (Å²) < 4.78 is 4.35. The molecule has 3 aromatic carbocycles. The van der Waals surface area contributed by atoms with Crippen LogP contribution in [0.3, 0.4) is 0 Å². The molecule has 0 aliphatic rings. The van der Waals surface area contributed by atoms with Gasteiger partial charge < -0.3 is 0 Å². The van der Waals surface area contributed by atoms with Gasteiger partial charge in [0.25, 0.3) is 0 Å². The summed E-state index contributed by atoms with van der Waals surface area (Å²) in [5.41, 5.74) is 3.92. The molecule has 0 aliphatic heterocycles. The zero-order valence-corrected chi connectivity index (χ0v) is 34.6. The maximum absolute atomic E-state index is 2.55. The number of hydrogen-bond donors (Lipinski definition) is 0. The molecule has 0 fully saturated rings. The van der Waals surface area contributed by atoms with Gasteiger partial charge in [0, 0.05) is 0 Å². The first-order valence-corrected chi connectivity index (χ1v) is 20.0. The van der Waals surface area contributed by atoms with Crippen LogP contribution in [0.2, 0.25) is 0 Å². The van der Waals surface area contributed by atoms with Gasteiger partial charge >= 0.3 is 290 Å². The minimum atomic E-state index is -1.87. The van der Waals surface area contributed by atoms with E-state index in [1.165, 1.54) is 30.1 Å². The van der Waals surface area contributed by atoms with Gasteiger partial charge in [-0.2, -0.15) is 0 Å². The molecule has 3 rings (SSSR count). The van der Waals surface area contributed by atoms with E-state index in [-0.39, 0.29) is 33.2 Å². The normalized spacial score (nSPS) is 13.6. The molecule has 4 heteroatoms. The first-order valence-electron chi connectivity index (χ1n) is 17.1. The van der Waals surface area contributed by atoms with Crippen molar-refractivity contribution >= 4 is 44.8 Å². The van der Waals surface area contributed by atoms with Crippen LogP contribution in [0.4, 0.5) is 17.1 Å². The molecule has 0 unspecified atom stereocenters. The van der Waals surface area contributed by atoms with E-state index >= 15 is 0 Å². The zero-order chi connectivity index (χ0) is 35.3. The molecule has 0 radical (unpaired) electrons. The molecule has 0 spiro atoms. The van der Waals surface area contributed by atoms with Crippen LogP contribution in [-0.4, -0.2) is 47.9 Å². The molecule has 3 aromatic rings. The van der Waals surface area contributed by atoms with Gasteiger partial charge in [0.1, 0.15) is 0 Å². The molecule has 0 aliphatic carbocycles. The monoisotopic (exact) mass is 687 g/mol. The summed E-state index contributed by atoms with van der Waals surface area (Å²) in [6.45, 7) is 41.6. The Labute approximate surface area is 289 Å². The van der Waals surface area contributed by atoms with Crippen molar-refractivity contribution in [1.82, 2.24) is 0 Å². The van der Waals surface area contributed by atoms with Gasteiger partial charge in [0.2, 0.25) is 0 Å². The third-order valence-electron chi connectivity index (χ3n) is 8.12. The first-order chi connectivity index (χ1) is 20.6. The summed E-state index contributed by atoms with van der Waals surface area (Å²) in [5.74, 6) is 0. The van der Waals surface area contributed by atoms with Crippen molar-refractivity contribution in [3.8, 4) is 0 Å². The Kier molecular flexibility index (Phi) is 10.7. The van der Waals surface area contributed by atoms with Crippen molar-refractivity contribution in [2.75, 3.05) is 14.7 Å². The Morgan fingerprint density at radius 1 is 0.283 bits per heavy atom. The average Bonchev–Trinajstić information content (AvgIpc) is 2.82. The van der Waals surface area contributed by atoms with E-state index < -0.39 is 14.7 Å². The molecule has 0 heterocycles. The quantitative estimate of drug-likeness (QED) is 0.239. The Hall–Kier alpha value is -2.38. The van der Waals surface area contributed by atoms with Gasteiger partial charge in [-0.25, -0.2) is 0 Å². The second-order valence-corrected chi connectivity index (χ2v) is 23.6. The third kappa shape index (κ3) is 8.94. The van der Waals surface area contributed by atoms with Crippen LogP contribution in [0.1, 0.15) is 125 Å². The van der Waals surface area contributed by atoms with Gasteiger partial charge in [-0.05, 0) is 0 Å². The Morgan fingerprint density at radius 3 is 0.565 bits per heavy atom. The summed E-state index contributed by atoms with van der Waals surface area (Å²) in [7, 11) is 0. The number of nitrogens with zero attached hydrogens (tertiary/aromatic N) is 3. The molecule has 0 saturated heterocycles. The predicted molar refractivity (Wildman–Crippen MR) is 210 cm³/mol. The van der Waals surface area contributed by atoms with E-state index in [1.54, 1.807) is 0 Å². The first kappa shape index (κ1) is 38.1. The molecule has 0 aromatic heterocycles. The summed E-state index contributed by atoms with van der Waals surface area (Å²) in [6, 6.07) is 28.6. The van der Waals surface area contributed by atoms with Crippen LogP contribution in [0, 0.1) is 0 Å². The minimum absolute atomic E-state index is 0.0147. The molecule has 3 nitrogen and oxygen atoms in total. The number of anilines is 3. The summed E-state index contributed by atoms with van der Waals surface area (Å²) >= 11 is -1.87. The van der Waals surface area contributed by atoms with Gasteiger partial charge in [0.15, 0.2) is 0 Å². The third-order valence-corrected chi connectivity index (χ3v) is 13.3. The van der Waals surface area contributed by atoms with Gasteiger partial charge in [-0.15, -0.1) is 0 Å². The maximum atomic E-state index is 2.55. The van der Waals surface area contributed by atoms with Crippen LogP contribution < -0.4 is 27.8 Å². The Bertz CT molecular complexity index is 1190. The van der Waals surface area contributed by atoms with Crippen molar-refractivity contribution in [3.63, 3.8) is 0 Å². The van der Waals surface area contributed by atoms with Crippen LogP contribution in [0.25, 0.3) is 0 Å². The summed E-state index contributed by atoms with van der Waals surface area (Å²) in [5, 5.41) is 0. The van der Waals surface area contributed by atoms with Crippen LogP contribution in [0.15, 0.2) is 72.8 Å². The van der Waals surface area contributed by atoms with Gasteiger partial charge in [-0.3, -0.25) is 0 Å². The number of benzene rings is 3. The molecular formula is C42H66AsN3. The van der Waals surface area contributed by atoms with Crippen LogP contribution in [-0.2, 0) is 0 Å².